The summed E-state index contributed by atoms with van der Waals surface area (Å²) in [6, 6.07) is 16.8. The molecule has 3 N–H and O–H groups in total. The normalized spacial score (nSPS) is 11.9. The number of thiocarbonyl (C=S) groups is 1. The monoisotopic (exact) mass is 362 g/mol. The number of hydrogen-bond donors (Lipinski definition) is 2. The molecular formula is C17H19BrN2S. The van der Waals surface area contributed by atoms with Crippen molar-refractivity contribution in [1.29, 1.82) is 0 Å². The van der Waals surface area contributed by atoms with Crippen molar-refractivity contribution >= 4 is 38.8 Å². The number of nitrogens with two attached hydrogens (primary N) is 1. The largest absolute Gasteiger partial charge is 0.389 e. The zero-order chi connectivity index (χ0) is 15.2. The Morgan fingerprint density at radius 1 is 1.24 bits per heavy atom. The summed E-state index contributed by atoms with van der Waals surface area (Å²) in [5.41, 5.74) is 9.03. The van der Waals surface area contributed by atoms with E-state index in [4.69, 9.17) is 18.0 Å². The van der Waals surface area contributed by atoms with E-state index in [0.717, 1.165) is 28.6 Å². The van der Waals surface area contributed by atoms with Crippen molar-refractivity contribution in [3.63, 3.8) is 0 Å². The standard InChI is InChI=1S/C17H19BrN2S/c1-12(7-8-13-5-3-2-4-6-13)20-16-10-9-14(18)11-15(16)17(19)21/h2-6,9-12,20H,7-8H2,1H3,(H2,19,21). The number of anilines is 1. The maximum atomic E-state index is 5.79. The average Bonchev–Trinajstić information content (AvgIpc) is 2.48. The van der Waals surface area contributed by atoms with Gasteiger partial charge in [0.25, 0.3) is 0 Å². The summed E-state index contributed by atoms with van der Waals surface area (Å²) in [7, 11) is 0. The Hall–Kier alpha value is -1.39. The minimum absolute atomic E-state index is 0.347. The van der Waals surface area contributed by atoms with Gasteiger partial charge in [-0.15, -0.1) is 0 Å². The van der Waals surface area contributed by atoms with Crippen LogP contribution in [0.4, 0.5) is 5.69 Å². The van der Waals surface area contributed by atoms with E-state index in [1.807, 2.05) is 24.3 Å². The lowest BCUT2D eigenvalue weighted by atomic mass is 10.1. The highest BCUT2D eigenvalue weighted by Gasteiger charge is 2.09. The Morgan fingerprint density at radius 2 is 1.95 bits per heavy atom. The van der Waals surface area contributed by atoms with Crippen LogP contribution in [0.2, 0.25) is 0 Å². The lowest BCUT2D eigenvalue weighted by Gasteiger charge is -2.18. The van der Waals surface area contributed by atoms with Gasteiger partial charge in [-0.05, 0) is 43.5 Å². The topological polar surface area (TPSA) is 38.0 Å². The lowest BCUT2D eigenvalue weighted by molar-refractivity contribution is 0.706. The minimum atomic E-state index is 0.347. The zero-order valence-electron chi connectivity index (χ0n) is 12.0. The van der Waals surface area contributed by atoms with Gasteiger partial charge in [-0.25, -0.2) is 0 Å². The second-order valence-electron chi connectivity index (χ2n) is 5.12. The van der Waals surface area contributed by atoms with Crippen molar-refractivity contribution in [3.05, 3.63) is 64.1 Å². The zero-order valence-corrected chi connectivity index (χ0v) is 14.4. The van der Waals surface area contributed by atoms with Gasteiger partial charge in [-0.2, -0.15) is 0 Å². The molecule has 0 saturated heterocycles. The fourth-order valence-electron chi connectivity index (χ4n) is 2.21. The van der Waals surface area contributed by atoms with Crippen LogP contribution >= 0.6 is 28.1 Å². The van der Waals surface area contributed by atoms with E-state index in [0.29, 0.717) is 11.0 Å². The van der Waals surface area contributed by atoms with E-state index in [2.05, 4.69) is 52.4 Å². The summed E-state index contributed by atoms with van der Waals surface area (Å²) in [4.78, 5) is 0.411. The second-order valence-corrected chi connectivity index (χ2v) is 6.48. The molecule has 0 aliphatic carbocycles. The van der Waals surface area contributed by atoms with Crippen molar-refractivity contribution in [2.45, 2.75) is 25.8 Å². The molecule has 0 heterocycles. The molecule has 0 saturated carbocycles. The quantitative estimate of drug-likeness (QED) is 0.742. The van der Waals surface area contributed by atoms with Crippen molar-refractivity contribution in [3.8, 4) is 0 Å². The lowest BCUT2D eigenvalue weighted by Crippen LogP contribution is -2.20. The summed E-state index contributed by atoms with van der Waals surface area (Å²) >= 11 is 8.57. The van der Waals surface area contributed by atoms with E-state index in [9.17, 15) is 0 Å². The minimum Gasteiger partial charge on any atom is -0.389 e. The smallest absolute Gasteiger partial charge is 0.106 e. The molecule has 1 unspecified atom stereocenters. The molecule has 0 bridgehead atoms. The molecule has 0 aliphatic rings. The second kappa shape index (κ2) is 7.57. The maximum absolute atomic E-state index is 5.79. The molecular weight excluding hydrogens is 344 g/mol. The maximum Gasteiger partial charge on any atom is 0.106 e. The van der Waals surface area contributed by atoms with Crippen molar-refractivity contribution in [2.75, 3.05) is 5.32 Å². The van der Waals surface area contributed by atoms with E-state index in [1.54, 1.807) is 0 Å². The van der Waals surface area contributed by atoms with Crippen LogP contribution in [-0.4, -0.2) is 11.0 Å². The molecule has 0 fully saturated rings. The molecule has 0 spiro atoms. The van der Waals surface area contributed by atoms with Gasteiger partial charge in [0.05, 0.1) is 0 Å². The highest BCUT2D eigenvalue weighted by atomic mass is 79.9. The summed E-state index contributed by atoms with van der Waals surface area (Å²) in [5, 5.41) is 3.50. The van der Waals surface area contributed by atoms with Crippen LogP contribution in [0.25, 0.3) is 0 Å². The van der Waals surface area contributed by atoms with Gasteiger partial charge < -0.3 is 11.1 Å². The summed E-state index contributed by atoms with van der Waals surface area (Å²) in [6.07, 6.45) is 2.10. The van der Waals surface area contributed by atoms with Crippen LogP contribution in [0.1, 0.15) is 24.5 Å². The third-order valence-electron chi connectivity index (χ3n) is 3.36. The Labute approximate surface area is 139 Å². The van der Waals surface area contributed by atoms with Crippen LogP contribution in [-0.2, 0) is 6.42 Å². The van der Waals surface area contributed by atoms with E-state index in [-0.39, 0.29) is 0 Å². The number of rotatable bonds is 6. The third kappa shape index (κ3) is 4.83. The molecule has 1 atom stereocenters. The highest BCUT2D eigenvalue weighted by molar-refractivity contribution is 9.10. The first kappa shape index (κ1) is 16.0. The van der Waals surface area contributed by atoms with Crippen molar-refractivity contribution in [2.24, 2.45) is 5.73 Å². The summed E-state index contributed by atoms with van der Waals surface area (Å²) in [6.45, 7) is 2.17. The SMILES string of the molecule is CC(CCc1ccccc1)Nc1ccc(Br)cc1C(N)=S. The van der Waals surface area contributed by atoms with Crippen LogP contribution in [0.3, 0.4) is 0 Å². The summed E-state index contributed by atoms with van der Waals surface area (Å²) < 4.78 is 0.979. The Kier molecular flexibility index (Phi) is 5.76. The van der Waals surface area contributed by atoms with Gasteiger partial charge in [0.15, 0.2) is 0 Å². The van der Waals surface area contributed by atoms with Gasteiger partial charge in [-0.3, -0.25) is 0 Å². The van der Waals surface area contributed by atoms with Crippen LogP contribution in [0.5, 0.6) is 0 Å². The number of hydrogen-bond acceptors (Lipinski definition) is 2. The first-order valence-corrected chi connectivity index (χ1v) is 8.16. The van der Waals surface area contributed by atoms with Crippen LogP contribution in [0.15, 0.2) is 53.0 Å². The molecule has 2 aromatic rings. The van der Waals surface area contributed by atoms with Gasteiger partial charge in [0.1, 0.15) is 4.99 Å². The highest BCUT2D eigenvalue weighted by Crippen LogP contribution is 2.22. The average molecular weight is 363 g/mol. The molecule has 2 rings (SSSR count). The molecule has 0 amide bonds. The predicted octanol–water partition coefficient (Wildman–Crippen LogP) is 4.52. The molecule has 21 heavy (non-hydrogen) atoms. The molecule has 0 aromatic heterocycles. The molecule has 4 heteroatoms. The van der Waals surface area contributed by atoms with Crippen molar-refractivity contribution in [1.82, 2.24) is 0 Å². The molecule has 2 aromatic carbocycles. The number of nitrogens with one attached hydrogen (secondary N) is 1. The van der Waals surface area contributed by atoms with Gasteiger partial charge >= 0.3 is 0 Å². The number of halogens is 1. The molecule has 2 nitrogen and oxygen atoms in total. The predicted molar refractivity (Wildman–Crippen MR) is 97.9 cm³/mol. The fraction of sp³-hybridized carbons (Fsp3) is 0.235. The Morgan fingerprint density at radius 3 is 2.62 bits per heavy atom. The molecule has 0 aliphatic heterocycles. The fourth-order valence-corrected chi connectivity index (χ4v) is 2.74. The van der Waals surface area contributed by atoms with Gasteiger partial charge in [0, 0.05) is 21.8 Å². The Bertz CT molecular complexity index is 613. The number of aryl methyl sites for hydroxylation is 1. The van der Waals surface area contributed by atoms with Gasteiger partial charge in [0.2, 0.25) is 0 Å². The van der Waals surface area contributed by atoms with Crippen LogP contribution < -0.4 is 11.1 Å². The first-order valence-electron chi connectivity index (χ1n) is 6.96. The van der Waals surface area contributed by atoms with E-state index < -0.39 is 0 Å². The Balaban J connectivity index is 1.99. The van der Waals surface area contributed by atoms with Crippen molar-refractivity contribution < 1.29 is 0 Å². The third-order valence-corrected chi connectivity index (χ3v) is 4.07. The van der Waals surface area contributed by atoms with E-state index in [1.165, 1.54) is 5.56 Å². The number of benzene rings is 2. The molecule has 110 valence electrons. The summed E-state index contributed by atoms with van der Waals surface area (Å²) in [5.74, 6) is 0. The first-order chi connectivity index (χ1) is 10.1. The van der Waals surface area contributed by atoms with Crippen LogP contribution in [0, 0.1) is 0 Å². The molecule has 0 radical (unpaired) electrons. The van der Waals surface area contributed by atoms with Gasteiger partial charge in [-0.1, -0.05) is 58.5 Å². The van der Waals surface area contributed by atoms with E-state index >= 15 is 0 Å².